The van der Waals surface area contributed by atoms with Crippen molar-refractivity contribution in [1.82, 2.24) is 0 Å². The molecule has 0 radical (unpaired) electrons. The molecule has 15 heavy (non-hydrogen) atoms. The van der Waals surface area contributed by atoms with Crippen molar-refractivity contribution in [3.05, 3.63) is 0 Å². The second kappa shape index (κ2) is 7.69. The van der Waals surface area contributed by atoms with Crippen molar-refractivity contribution >= 4 is 5.97 Å². The zero-order valence-electron chi connectivity index (χ0n) is 10.6. The predicted octanol–water partition coefficient (Wildman–Crippen LogP) is 2.64. The smallest absolute Gasteiger partial charge is 0.335 e. The number of hydrogen-bond acceptors (Lipinski definition) is 3. The topological polar surface area (TPSA) is 35.5 Å². The maximum absolute atomic E-state index is 11.5. The van der Waals surface area contributed by atoms with Gasteiger partial charge < -0.3 is 9.47 Å². The molecule has 0 N–H and O–H groups in total. The van der Waals surface area contributed by atoms with Gasteiger partial charge in [0.25, 0.3) is 0 Å². The Balaban J connectivity index is 3.88. The zero-order chi connectivity index (χ0) is 11.8. The third kappa shape index (κ3) is 7.37. The highest BCUT2D eigenvalue weighted by molar-refractivity contribution is 5.74. The summed E-state index contributed by atoms with van der Waals surface area (Å²) in [5.41, 5.74) is 0. The van der Waals surface area contributed by atoms with Gasteiger partial charge in [-0.15, -0.1) is 0 Å². The quantitative estimate of drug-likeness (QED) is 0.614. The van der Waals surface area contributed by atoms with E-state index in [1.165, 1.54) is 0 Å². The molecule has 1 unspecified atom stereocenters. The molecular weight excluding hydrogens is 192 g/mol. The van der Waals surface area contributed by atoms with E-state index in [0.29, 0.717) is 31.5 Å². The summed E-state index contributed by atoms with van der Waals surface area (Å²) in [6.45, 7) is 11.2. The Morgan fingerprint density at radius 1 is 1.07 bits per heavy atom. The summed E-state index contributed by atoms with van der Waals surface area (Å²) in [4.78, 5) is 11.5. The summed E-state index contributed by atoms with van der Waals surface area (Å²) >= 11 is 0. The van der Waals surface area contributed by atoms with Crippen LogP contribution in [0.25, 0.3) is 0 Å². The van der Waals surface area contributed by atoms with Gasteiger partial charge in [0.1, 0.15) is 0 Å². The molecule has 0 saturated heterocycles. The van der Waals surface area contributed by atoms with Crippen molar-refractivity contribution in [1.29, 1.82) is 0 Å². The van der Waals surface area contributed by atoms with Crippen molar-refractivity contribution < 1.29 is 14.3 Å². The monoisotopic (exact) mass is 216 g/mol. The van der Waals surface area contributed by atoms with Crippen molar-refractivity contribution in [2.24, 2.45) is 11.8 Å². The van der Waals surface area contributed by atoms with E-state index in [1.807, 2.05) is 20.8 Å². The Labute approximate surface area is 93.1 Å². The van der Waals surface area contributed by atoms with Gasteiger partial charge in [-0.25, -0.2) is 4.79 Å². The van der Waals surface area contributed by atoms with E-state index in [-0.39, 0.29) is 5.97 Å². The first-order chi connectivity index (χ1) is 6.97. The first-order valence-corrected chi connectivity index (χ1v) is 5.75. The van der Waals surface area contributed by atoms with Crippen LogP contribution in [0.4, 0.5) is 0 Å². The van der Waals surface area contributed by atoms with Crippen LogP contribution in [0.15, 0.2) is 0 Å². The van der Waals surface area contributed by atoms with E-state index < -0.39 is 6.10 Å². The Bertz CT molecular complexity index is 176. The van der Waals surface area contributed by atoms with Gasteiger partial charge in [0.05, 0.1) is 13.2 Å². The van der Waals surface area contributed by atoms with Gasteiger partial charge in [0.2, 0.25) is 0 Å². The van der Waals surface area contributed by atoms with Gasteiger partial charge in [-0.2, -0.15) is 0 Å². The highest BCUT2D eigenvalue weighted by Crippen LogP contribution is 2.05. The first-order valence-electron chi connectivity index (χ1n) is 5.75. The first kappa shape index (κ1) is 14.4. The molecule has 0 spiro atoms. The lowest BCUT2D eigenvalue weighted by atomic mass is 10.2. The number of carbonyl (C=O) groups is 1. The molecule has 0 aromatic heterocycles. The standard InChI is InChI=1S/C12H24O3/c1-6-11(14-7-9(2)3)12(13)15-8-10(4)5/h9-11H,6-8H2,1-5H3. The van der Waals surface area contributed by atoms with E-state index in [9.17, 15) is 4.79 Å². The minimum absolute atomic E-state index is 0.230. The third-order valence-electron chi connectivity index (χ3n) is 1.82. The van der Waals surface area contributed by atoms with E-state index in [0.717, 1.165) is 0 Å². The van der Waals surface area contributed by atoms with E-state index in [1.54, 1.807) is 0 Å². The lowest BCUT2D eigenvalue weighted by Crippen LogP contribution is -2.28. The summed E-state index contributed by atoms with van der Waals surface area (Å²) in [5.74, 6) is 0.584. The van der Waals surface area contributed by atoms with Crippen LogP contribution in [-0.4, -0.2) is 25.3 Å². The average Bonchev–Trinajstić information content (AvgIpc) is 2.15. The Kier molecular flexibility index (Phi) is 7.39. The molecule has 0 bridgehead atoms. The third-order valence-corrected chi connectivity index (χ3v) is 1.82. The maximum Gasteiger partial charge on any atom is 0.335 e. The summed E-state index contributed by atoms with van der Waals surface area (Å²) in [6, 6.07) is 0. The number of carbonyl (C=O) groups excluding carboxylic acids is 1. The Morgan fingerprint density at radius 2 is 1.60 bits per heavy atom. The van der Waals surface area contributed by atoms with Crippen LogP contribution in [0, 0.1) is 11.8 Å². The van der Waals surface area contributed by atoms with Crippen molar-refractivity contribution in [3.8, 4) is 0 Å². The highest BCUT2D eigenvalue weighted by atomic mass is 16.6. The van der Waals surface area contributed by atoms with Crippen LogP contribution >= 0.6 is 0 Å². The van der Waals surface area contributed by atoms with Crippen LogP contribution in [-0.2, 0) is 14.3 Å². The molecule has 0 amide bonds. The SMILES string of the molecule is CCC(OCC(C)C)C(=O)OCC(C)C. The molecule has 1 atom stereocenters. The van der Waals surface area contributed by atoms with Crippen LogP contribution in [0.3, 0.4) is 0 Å². The fraction of sp³-hybridized carbons (Fsp3) is 0.917. The average molecular weight is 216 g/mol. The molecule has 3 heteroatoms. The molecule has 0 aromatic rings. The van der Waals surface area contributed by atoms with Crippen molar-refractivity contribution in [2.75, 3.05) is 13.2 Å². The van der Waals surface area contributed by atoms with Gasteiger partial charge >= 0.3 is 5.97 Å². The number of hydrogen-bond donors (Lipinski definition) is 0. The molecule has 0 rings (SSSR count). The zero-order valence-corrected chi connectivity index (χ0v) is 10.6. The second-order valence-electron chi connectivity index (χ2n) is 4.65. The lowest BCUT2D eigenvalue weighted by Gasteiger charge is -2.17. The summed E-state index contributed by atoms with van der Waals surface area (Å²) in [7, 11) is 0. The summed E-state index contributed by atoms with van der Waals surface area (Å²) in [6.07, 6.45) is 0.273. The van der Waals surface area contributed by atoms with Gasteiger partial charge in [-0.05, 0) is 18.3 Å². The fourth-order valence-corrected chi connectivity index (χ4v) is 1.00. The highest BCUT2D eigenvalue weighted by Gasteiger charge is 2.19. The van der Waals surface area contributed by atoms with E-state index in [2.05, 4.69) is 13.8 Å². The summed E-state index contributed by atoms with van der Waals surface area (Å²) < 4.78 is 10.6. The van der Waals surface area contributed by atoms with Gasteiger partial charge in [0.15, 0.2) is 6.10 Å². The maximum atomic E-state index is 11.5. The van der Waals surface area contributed by atoms with E-state index >= 15 is 0 Å². The molecule has 90 valence electrons. The minimum atomic E-state index is -0.397. The Morgan fingerprint density at radius 3 is 2.00 bits per heavy atom. The number of rotatable bonds is 7. The van der Waals surface area contributed by atoms with Crippen molar-refractivity contribution in [2.45, 2.75) is 47.1 Å². The Hall–Kier alpha value is -0.570. The summed E-state index contributed by atoms with van der Waals surface area (Å²) in [5, 5.41) is 0. The van der Waals surface area contributed by atoms with Gasteiger partial charge in [0, 0.05) is 0 Å². The minimum Gasteiger partial charge on any atom is -0.463 e. The molecule has 0 aliphatic carbocycles. The van der Waals surface area contributed by atoms with Crippen LogP contribution < -0.4 is 0 Å². The molecule has 0 heterocycles. The molecule has 0 saturated carbocycles. The normalized spacial score (nSPS) is 13.3. The van der Waals surface area contributed by atoms with Crippen LogP contribution in [0.2, 0.25) is 0 Å². The van der Waals surface area contributed by atoms with Crippen LogP contribution in [0.5, 0.6) is 0 Å². The lowest BCUT2D eigenvalue weighted by molar-refractivity contribution is -0.159. The van der Waals surface area contributed by atoms with Crippen LogP contribution in [0.1, 0.15) is 41.0 Å². The molecule has 0 aliphatic rings. The molecule has 3 nitrogen and oxygen atoms in total. The van der Waals surface area contributed by atoms with Crippen molar-refractivity contribution in [3.63, 3.8) is 0 Å². The largest absolute Gasteiger partial charge is 0.463 e. The van der Waals surface area contributed by atoms with Gasteiger partial charge in [-0.1, -0.05) is 34.6 Å². The predicted molar refractivity (Wildman–Crippen MR) is 60.7 cm³/mol. The molecular formula is C12H24O3. The molecule has 0 aromatic carbocycles. The van der Waals surface area contributed by atoms with Gasteiger partial charge in [-0.3, -0.25) is 0 Å². The second-order valence-corrected chi connectivity index (χ2v) is 4.65. The van der Waals surface area contributed by atoms with E-state index in [4.69, 9.17) is 9.47 Å². The number of ether oxygens (including phenoxy) is 2. The number of esters is 1. The fourth-order valence-electron chi connectivity index (χ4n) is 1.00. The molecule has 0 fully saturated rings. The molecule has 0 aliphatic heterocycles.